The summed E-state index contributed by atoms with van der Waals surface area (Å²) in [6.07, 6.45) is -0.217. The van der Waals surface area contributed by atoms with E-state index in [9.17, 15) is 4.79 Å². The summed E-state index contributed by atoms with van der Waals surface area (Å²) in [5.41, 5.74) is 8.04. The summed E-state index contributed by atoms with van der Waals surface area (Å²) in [6, 6.07) is 16.8. The van der Waals surface area contributed by atoms with E-state index in [0.29, 0.717) is 5.02 Å². The van der Waals surface area contributed by atoms with Gasteiger partial charge in [-0.25, -0.2) is 20.7 Å². The fourth-order valence-electron chi connectivity index (χ4n) is 2.18. The normalized spacial score (nSPS) is 19.0. The van der Waals surface area contributed by atoms with Crippen molar-refractivity contribution in [3.63, 3.8) is 0 Å². The summed E-state index contributed by atoms with van der Waals surface area (Å²) in [4.78, 5) is 12.3. The second kappa shape index (κ2) is 5.73. The van der Waals surface area contributed by atoms with Gasteiger partial charge in [-0.1, -0.05) is 41.9 Å². The van der Waals surface area contributed by atoms with Gasteiger partial charge in [0.15, 0.2) is 0 Å². The van der Waals surface area contributed by atoms with Crippen LogP contribution in [0.3, 0.4) is 0 Å². The molecule has 5 nitrogen and oxygen atoms in total. The number of hydrogen-bond acceptors (Lipinski definition) is 3. The summed E-state index contributed by atoms with van der Waals surface area (Å²) in [5, 5.41) is 3.66. The van der Waals surface area contributed by atoms with Crippen molar-refractivity contribution in [1.82, 2.24) is 15.9 Å². The third-order valence-corrected chi connectivity index (χ3v) is 3.53. The van der Waals surface area contributed by atoms with Crippen molar-refractivity contribution in [2.24, 2.45) is 0 Å². The van der Waals surface area contributed by atoms with Gasteiger partial charge in [0.2, 0.25) is 0 Å². The van der Waals surface area contributed by atoms with Crippen LogP contribution in [0.2, 0.25) is 5.02 Å². The van der Waals surface area contributed by atoms with Crippen LogP contribution >= 0.6 is 11.6 Å². The third-order valence-electron chi connectivity index (χ3n) is 3.28. The monoisotopic (exact) mass is 302 g/mol. The van der Waals surface area contributed by atoms with Crippen LogP contribution in [0.4, 0.5) is 10.5 Å². The molecule has 2 aromatic carbocycles. The number of benzene rings is 2. The van der Waals surface area contributed by atoms with Gasteiger partial charge in [0.1, 0.15) is 6.17 Å². The molecule has 3 rings (SSSR count). The Hall–Kier alpha value is -2.08. The predicted molar refractivity (Wildman–Crippen MR) is 82.5 cm³/mol. The number of nitrogens with one attached hydrogen (secondary N) is 2. The lowest BCUT2D eigenvalue weighted by atomic mass is 10.2. The molecule has 1 saturated heterocycles. The number of halogens is 1. The molecule has 1 atom stereocenters. The highest BCUT2D eigenvalue weighted by molar-refractivity contribution is 6.30. The number of amides is 2. The molecule has 0 saturated carbocycles. The molecule has 0 aliphatic carbocycles. The van der Waals surface area contributed by atoms with Crippen LogP contribution in [0.15, 0.2) is 54.6 Å². The molecule has 1 unspecified atom stereocenters. The molecule has 2 N–H and O–H groups in total. The number of urea groups is 1. The number of carbonyl (C=O) groups is 1. The maximum atomic E-state index is 12.3. The van der Waals surface area contributed by atoms with Crippen molar-refractivity contribution in [3.05, 3.63) is 65.2 Å². The number of hydrogen-bond donors (Lipinski definition) is 2. The van der Waals surface area contributed by atoms with Gasteiger partial charge in [0.25, 0.3) is 0 Å². The summed E-state index contributed by atoms with van der Waals surface area (Å²) in [5.74, 6) is 0. The fraction of sp³-hybridized carbons (Fsp3) is 0.133. The van der Waals surface area contributed by atoms with E-state index in [1.807, 2.05) is 54.6 Å². The molecular weight excluding hydrogens is 288 g/mol. The van der Waals surface area contributed by atoms with Gasteiger partial charge >= 0.3 is 6.03 Å². The van der Waals surface area contributed by atoms with Crippen LogP contribution in [0, 0.1) is 0 Å². The number of para-hydroxylation sites is 1. The molecule has 1 aliphatic heterocycles. The predicted octanol–water partition coefficient (Wildman–Crippen LogP) is 2.92. The maximum absolute atomic E-state index is 12.3. The minimum absolute atomic E-state index is 0.175. The number of nitrogens with zero attached hydrogens (tertiary/aromatic N) is 2. The quantitative estimate of drug-likeness (QED) is 0.897. The highest BCUT2D eigenvalue weighted by Crippen LogP contribution is 2.21. The first-order valence-corrected chi connectivity index (χ1v) is 6.93. The summed E-state index contributed by atoms with van der Waals surface area (Å²) < 4.78 is 0. The molecule has 1 heterocycles. The number of carbonyl (C=O) groups excluding carboxylic acids is 1. The van der Waals surface area contributed by atoms with Crippen molar-refractivity contribution < 1.29 is 4.79 Å². The highest BCUT2D eigenvalue weighted by Gasteiger charge is 2.30. The maximum Gasteiger partial charge on any atom is 0.353 e. The van der Waals surface area contributed by atoms with Crippen molar-refractivity contribution in [2.45, 2.75) is 6.17 Å². The minimum Gasteiger partial charge on any atom is -0.259 e. The SMILES string of the molecule is CN1NC(c2ccc(Cl)cc2)NN(c2ccccc2)C1=O. The molecule has 0 bridgehead atoms. The van der Waals surface area contributed by atoms with Gasteiger partial charge in [0.05, 0.1) is 5.69 Å². The first-order chi connectivity index (χ1) is 10.1. The van der Waals surface area contributed by atoms with Crippen LogP contribution in [0.1, 0.15) is 11.7 Å². The van der Waals surface area contributed by atoms with Crippen LogP contribution < -0.4 is 15.9 Å². The van der Waals surface area contributed by atoms with E-state index in [1.54, 1.807) is 7.05 Å². The Kier molecular flexibility index (Phi) is 3.79. The van der Waals surface area contributed by atoms with E-state index in [1.165, 1.54) is 10.0 Å². The molecule has 1 fully saturated rings. The van der Waals surface area contributed by atoms with Gasteiger partial charge < -0.3 is 0 Å². The topological polar surface area (TPSA) is 47.6 Å². The molecule has 1 aliphatic rings. The van der Waals surface area contributed by atoms with Crippen molar-refractivity contribution in [3.8, 4) is 0 Å². The molecule has 6 heteroatoms. The smallest absolute Gasteiger partial charge is 0.259 e. The molecule has 0 radical (unpaired) electrons. The standard InChI is InChI=1S/C15H15ClN4O/c1-19-15(21)20(13-5-3-2-4-6-13)18-14(17-19)11-7-9-12(16)10-8-11/h2-10,14,17-18H,1H3. The molecule has 0 aromatic heterocycles. The van der Waals surface area contributed by atoms with E-state index in [0.717, 1.165) is 11.3 Å². The number of anilines is 1. The Balaban J connectivity index is 1.88. The van der Waals surface area contributed by atoms with E-state index < -0.39 is 0 Å². The first-order valence-electron chi connectivity index (χ1n) is 6.56. The molecule has 2 amide bonds. The second-order valence-corrected chi connectivity index (χ2v) is 5.19. The lowest BCUT2D eigenvalue weighted by molar-refractivity contribution is 0.144. The highest BCUT2D eigenvalue weighted by atomic mass is 35.5. The van der Waals surface area contributed by atoms with Crippen molar-refractivity contribution in [2.75, 3.05) is 12.1 Å². The zero-order chi connectivity index (χ0) is 14.8. The van der Waals surface area contributed by atoms with E-state index in [-0.39, 0.29) is 12.2 Å². The Morgan fingerprint density at radius 3 is 2.33 bits per heavy atom. The second-order valence-electron chi connectivity index (χ2n) is 4.76. The zero-order valence-corrected chi connectivity index (χ0v) is 12.2. The van der Waals surface area contributed by atoms with Crippen LogP contribution in [0.5, 0.6) is 0 Å². The van der Waals surface area contributed by atoms with Crippen LogP contribution in [-0.2, 0) is 0 Å². The molecule has 108 valence electrons. The average Bonchev–Trinajstić information content (AvgIpc) is 2.51. The molecule has 0 spiro atoms. The van der Waals surface area contributed by atoms with Crippen molar-refractivity contribution >= 4 is 23.3 Å². The van der Waals surface area contributed by atoms with E-state index in [2.05, 4.69) is 10.9 Å². The van der Waals surface area contributed by atoms with E-state index >= 15 is 0 Å². The Morgan fingerprint density at radius 2 is 1.67 bits per heavy atom. The lowest BCUT2D eigenvalue weighted by Crippen LogP contribution is -2.64. The van der Waals surface area contributed by atoms with E-state index in [4.69, 9.17) is 11.6 Å². The van der Waals surface area contributed by atoms with Crippen LogP contribution in [0.25, 0.3) is 0 Å². The Bertz CT molecular complexity index is 632. The number of rotatable bonds is 2. The molecule has 21 heavy (non-hydrogen) atoms. The number of hydrazine groups is 2. The fourth-order valence-corrected chi connectivity index (χ4v) is 2.30. The largest absolute Gasteiger partial charge is 0.353 e. The zero-order valence-electron chi connectivity index (χ0n) is 11.5. The van der Waals surface area contributed by atoms with Gasteiger partial charge in [-0.15, -0.1) is 0 Å². The average molecular weight is 303 g/mol. The van der Waals surface area contributed by atoms with Crippen LogP contribution in [-0.4, -0.2) is 18.1 Å². The third kappa shape index (κ3) is 2.85. The van der Waals surface area contributed by atoms with Gasteiger partial charge in [-0.2, -0.15) is 0 Å². The van der Waals surface area contributed by atoms with Gasteiger partial charge in [-0.3, -0.25) is 5.01 Å². The summed E-state index contributed by atoms with van der Waals surface area (Å²) in [6.45, 7) is 0. The lowest BCUT2D eigenvalue weighted by Gasteiger charge is -2.39. The summed E-state index contributed by atoms with van der Waals surface area (Å²) >= 11 is 5.91. The first kappa shape index (κ1) is 13.9. The minimum atomic E-state index is -0.217. The molecule has 2 aromatic rings. The van der Waals surface area contributed by atoms with Gasteiger partial charge in [0, 0.05) is 12.1 Å². The Labute approximate surface area is 128 Å². The molecular formula is C15H15ClN4O. The van der Waals surface area contributed by atoms with Gasteiger partial charge in [-0.05, 0) is 29.8 Å². The van der Waals surface area contributed by atoms with Crippen molar-refractivity contribution in [1.29, 1.82) is 0 Å². The Morgan fingerprint density at radius 1 is 1.00 bits per heavy atom. The summed E-state index contributed by atoms with van der Waals surface area (Å²) in [7, 11) is 1.70.